The SMILES string of the molecule is CNC(Cc1sccc1Cl)C1CC2CCC1C2. The summed E-state index contributed by atoms with van der Waals surface area (Å²) in [6.45, 7) is 0. The summed E-state index contributed by atoms with van der Waals surface area (Å²) in [7, 11) is 2.11. The Bertz CT molecular complexity index is 389. The van der Waals surface area contributed by atoms with Crippen LogP contribution < -0.4 is 5.32 Å². The lowest BCUT2D eigenvalue weighted by molar-refractivity contribution is 0.256. The molecule has 4 atom stereocenters. The maximum atomic E-state index is 6.21. The fourth-order valence-electron chi connectivity index (χ4n) is 3.92. The fourth-order valence-corrected chi connectivity index (χ4v) is 5.10. The average Bonchev–Trinajstić information content (AvgIpc) is 3.02. The topological polar surface area (TPSA) is 12.0 Å². The first-order chi connectivity index (χ1) is 8.28. The second kappa shape index (κ2) is 4.91. The van der Waals surface area contributed by atoms with Crippen LogP contribution in [0.3, 0.4) is 0 Å². The largest absolute Gasteiger partial charge is 0.316 e. The average molecular weight is 270 g/mol. The van der Waals surface area contributed by atoms with Crippen LogP contribution in [0.5, 0.6) is 0 Å². The Morgan fingerprint density at radius 1 is 1.47 bits per heavy atom. The standard InChI is InChI=1S/C14H20ClNS/c1-16-13(8-14-12(15)4-5-17-14)11-7-9-2-3-10(11)6-9/h4-5,9-11,13,16H,2-3,6-8H2,1H3. The molecule has 4 unspecified atom stereocenters. The van der Waals surface area contributed by atoms with Gasteiger partial charge in [0.05, 0.1) is 5.02 Å². The normalized spacial score (nSPS) is 33.2. The minimum atomic E-state index is 0.626. The third-order valence-corrected chi connectivity index (χ3v) is 6.19. The molecule has 1 aromatic heterocycles. The molecule has 2 bridgehead atoms. The number of nitrogens with one attached hydrogen (secondary N) is 1. The summed E-state index contributed by atoms with van der Waals surface area (Å²) in [5.74, 6) is 2.90. The van der Waals surface area contributed by atoms with Gasteiger partial charge in [-0.1, -0.05) is 18.0 Å². The van der Waals surface area contributed by atoms with E-state index < -0.39 is 0 Å². The number of likely N-dealkylation sites (N-methyl/N-ethyl adjacent to an activating group) is 1. The molecule has 1 heterocycles. The number of hydrogen-bond acceptors (Lipinski definition) is 2. The molecule has 94 valence electrons. The van der Waals surface area contributed by atoms with E-state index in [9.17, 15) is 0 Å². The summed E-state index contributed by atoms with van der Waals surface area (Å²) < 4.78 is 0. The van der Waals surface area contributed by atoms with Crippen LogP contribution in [0.1, 0.15) is 30.6 Å². The van der Waals surface area contributed by atoms with Gasteiger partial charge in [0.1, 0.15) is 0 Å². The van der Waals surface area contributed by atoms with Crippen LogP contribution in [0.15, 0.2) is 11.4 Å². The predicted molar refractivity (Wildman–Crippen MR) is 74.8 cm³/mol. The number of rotatable bonds is 4. The minimum absolute atomic E-state index is 0.626. The summed E-state index contributed by atoms with van der Waals surface area (Å²) in [4.78, 5) is 1.36. The first kappa shape index (κ1) is 12.0. The Hall–Kier alpha value is -0.0500. The summed E-state index contributed by atoms with van der Waals surface area (Å²) in [5, 5.41) is 6.60. The number of hydrogen-bond donors (Lipinski definition) is 1. The van der Waals surface area contributed by atoms with E-state index in [1.807, 2.05) is 6.07 Å². The highest BCUT2D eigenvalue weighted by molar-refractivity contribution is 7.10. The van der Waals surface area contributed by atoms with Crippen LogP contribution in [-0.2, 0) is 6.42 Å². The highest BCUT2D eigenvalue weighted by atomic mass is 35.5. The van der Waals surface area contributed by atoms with Gasteiger partial charge in [0.15, 0.2) is 0 Å². The predicted octanol–water partition coefficient (Wildman–Crippen LogP) is 3.97. The summed E-state index contributed by atoms with van der Waals surface area (Å²) in [6.07, 6.45) is 6.99. The molecular weight excluding hydrogens is 250 g/mol. The molecule has 1 aromatic rings. The zero-order chi connectivity index (χ0) is 11.8. The van der Waals surface area contributed by atoms with E-state index in [4.69, 9.17) is 11.6 Å². The Balaban J connectivity index is 1.70. The monoisotopic (exact) mass is 269 g/mol. The number of fused-ring (bicyclic) bond motifs is 2. The second-order valence-corrected chi connectivity index (χ2v) is 7.04. The molecule has 3 rings (SSSR count). The zero-order valence-electron chi connectivity index (χ0n) is 10.3. The first-order valence-electron chi connectivity index (χ1n) is 6.67. The third-order valence-electron chi connectivity index (χ3n) is 4.78. The molecule has 2 aliphatic carbocycles. The molecule has 0 aliphatic heterocycles. The maximum absolute atomic E-state index is 6.21. The van der Waals surface area contributed by atoms with E-state index in [0.29, 0.717) is 6.04 Å². The second-order valence-electron chi connectivity index (χ2n) is 5.63. The molecule has 0 spiro atoms. The molecule has 2 saturated carbocycles. The van der Waals surface area contributed by atoms with Gasteiger partial charge in [-0.2, -0.15) is 0 Å². The zero-order valence-corrected chi connectivity index (χ0v) is 11.9. The summed E-state index contributed by atoms with van der Waals surface area (Å²) in [5.41, 5.74) is 0. The van der Waals surface area contributed by atoms with Crippen LogP contribution in [-0.4, -0.2) is 13.1 Å². The van der Waals surface area contributed by atoms with Crippen molar-refractivity contribution in [3.8, 4) is 0 Å². The molecule has 2 aliphatic rings. The van der Waals surface area contributed by atoms with Gasteiger partial charge in [0.2, 0.25) is 0 Å². The number of thiophene rings is 1. The minimum Gasteiger partial charge on any atom is -0.316 e. The Labute approximate surface area is 113 Å². The van der Waals surface area contributed by atoms with Crippen LogP contribution in [0.25, 0.3) is 0 Å². The van der Waals surface area contributed by atoms with Gasteiger partial charge in [-0.25, -0.2) is 0 Å². The molecule has 17 heavy (non-hydrogen) atoms. The van der Waals surface area contributed by atoms with E-state index in [1.54, 1.807) is 11.3 Å². The van der Waals surface area contributed by atoms with Crippen LogP contribution >= 0.6 is 22.9 Å². The van der Waals surface area contributed by atoms with Gasteiger partial charge in [0, 0.05) is 10.9 Å². The Morgan fingerprint density at radius 2 is 2.35 bits per heavy atom. The van der Waals surface area contributed by atoms with Crippen LogP contribution in [0.2, 0.25) is 5.02 Å². The summed E-state index contributed by atoms with van der Waals surface area (Å²) in [6, 6.07) is 2.65. The lowest BCUT2D eigenvalue weighted by Crippen LogP contribution is -2.38. The van der Waals surface area contributed by atoms with Gasteiger partial charge in [0.25, 0.3) is 0 Å². The van der Waals surface area contributed by atoms with Gasteiger partial charge in [-0.05, 0) is 61.9 Å². The lowest BCUT2D eigenvalue weighted by atomic mass is 9.82. The van der Waals surface area contributed by atoms with E-state index >= 15 is 0 Å². The van der Waals surface area contributed by atoms with Crippen LogP contribution in [0.4, 0.5) is 0 Å². The highest BCUT2D eigenvalue weighted by Crippen LogP contribution is 2.50. The number of halogens is 1. The molecular formula is C14H20ClNS. The highest BCUT2D eigenvalue weighted by Gasteiger charge is 2.42. The Morgan fingerprint density at radius 3 is 2.88 bits per heavy atom. The van der Waals surface area contributed by atoms with Crippen molar-refractivity contribution in [3.05, 3.63) is 21.3 Å². The summed E-state index contributed by atoms with van der Waals surface area (Å²) >= 11 is 8.01. The molecule has 0 saturated heterocycles. The van der Waals surface area contributed by atoms with Crippen molar-refractivity contribution in [1.82, 2.24) is 5.32 Å². The smallest absolute Gasteiger partial charge is 0.0545 e. The van der Waals surface area contributed by atoms with Crippen molar-refractivity contribution in [2.75, 3.05) is 7.05 Å². The van der Waals surface area contributed by atoms with E-state index in [2.05, 4.69) is 17.7 Å². The van der Waals surface area contributed by atoms with E-state index in [-0.39, 0.29) is 0 Å². The Kier molecular flexibility index (Phi) is 3.47. The lowest BCUT2D eigenvalue weighted by Gasteiger charge is -2.30. The van der Waals surface area contributed by atoms with E-state index in [1.165, 1.54) is 30.6 Å². The van der Waals surface area contributed by atoms with Gasteiger partial charge in [-0.3, -0.25) is 0 Å². The van der Waals surface area contributed by atoms with Gasteiger partial charge >= 0.3 is 0 Å². The molecule has 0 radical (unpaired) electrons. The van der Waals surface area contributed by atoms with Crippen molar-refractivity contribution in [2.45, 2.75) is 38.1 Å². The van der Waals surface area contributed by atoms with Crippen molar-refractivity contribution in [3.63, 3.8) is 0 Å². The fraction of sp³-hybridized carbons (Fsp3) is 0.714. The molecule has 3 heteroatoms. The van der Waals surface area contributed by atoms with Crippen molar-refractivity contribution < 1.29 is 0 Å². The molecule has 1 N–H and O–H groups in total. The van der Waals surface area contributed by atoms with E-state index in [0.717, 1.165) is 29.2 Å². The van der Waals surface area contributed by atoms with Gasteiger partial charge < -0.3 is 5.32 Å². The quantitative estimate of drug-likeness (QED) is 0.872. The molecule has 0 aromatic carbocycles. The maximum Gasteiger partial charge on any atom is 0.0545 e. The third kappa shape index (κ3) is 2.27. The molecule has 1 nitrogen and oxygen atoms in total. The van der Waals surface area contributed by atoms with Gasteiger partial charge in [-0.15, -0.1) is 11.3 Å². The van der Waals surface area contributed by atoms with Crippen molar-refractivity contribution in [1.29, 1.82) is 0 Å². The van der Waals surface area contributed by atoms with Crippen LogP contribution in [0, 0.1) is 17.8 Å². The van der Waals surface area contributed by atoms with Crippen molar-refractivity contribution >= 4 is 22.9 Å². The molecule has 0 amide bonds. The molecule has 2 fully saturated rings. The van der Waals surface area contributed by atoms with Crippen molar-refractivity contribution in [2.24, 2.45) is 17.8 Å². The first-order valence-corrected chi connectivity index (χ1v) is 7.93.